The molecule has 0 saturated heterocycles. The molecule has 1 heterocycles. The fourth-order valence-corrected chi connectivity index (χ4v) is 15.9. The monoisotopic (exact) mass is 329 g/mol. The van der Waals surface area contributed by atoms with Crippen LogP contribution in [0.2, 0.25) is 0 Å². The van der Waals surface area contributed by atoms with Gasteiger partial charge in [-0.15, -0.1) is 0 Å². The highest BCUT2D eigenvalue weighted by Crippen LogP contribution is 2.86. The third-order valence-corrected chi connectivity index (χ3v) is 11.9. The summed E-state index contributed by atoms with van der Waals surface area (Å²) in [5, 5.41) is 0. The standard InChI is InChI=1S/Cl5FN3P3/c1-10(2)7-11(3,4)9-12(5,6)8-10. The molecule has 0 spiro atoms. The predicted molar refractivity (Wildman–Crippen MR) is 58.4 cm³/mol. The second kappa shape index (κ2) is 3.58. The fourth-order valence-electron chi connectivity index (χ4n) is 0.442. The molecule has 0 radical (unpaired) electrons. The first kappa shape index (κ1) is 12.1. The molecule has 1 unspecified atom stereocenters. The molecule has 0 amide bonds. The highest BCUT2D eigenvalue weighted by atomic mass is 35.9. The van der Waals surface area contributed by atoms with Gasteiger partial charge in [0, 0.05) is 0 Å². The van der Waals surface area contributed by atoms with Gasteiger partial charge in [-0.2, -0.15) is 17.7 Å². The Morgan fingerprint density at radius 2 is 1.17 bits per heavy atom. The van der Waals surface area contributed by atoms with Crippen LogP contribution in [0.3, 0.4) is 0 Å². The van der Waals surface area contributed by atoms with E-state index in [1.807, 2.05) is 0 Å². The van der Waals surface area contributed by atoms with Gasteiger partial charge < -0.3 is 0 Å². The van der Waals surface area contributed by atoms with Gasteiger partial charge >= 0.3 is 6.87 Å². The Morgan fingerprint density at radius 1 is 0.750 bits per heavy atom. The van der Waals surface area contributed by atoms with Crippen molar-refractivity contribution < 1.29 is 4.20 Å². The van der Waals surface area contributed by atoms with Gasteiger partial charge in [-0.05, 0) is 56.2 Å². The van der Waals surface area contributed by atoms with E-state index in [-0.39, 0.29) is 0 Å². The summed E-state index contributed by atoms with van der Waals surface area (Å²) in [6.07, 6.45) is 0. The average Bonchev–Trinajstić information content (AvgIpc) is 1.44. The second-order valence-electron chi connectivity index (χ2n) is 1.64. The zero-order chi connectivity index (χ0) is 9.62. The minimum atomic E-state index is -3.88. The minimum absolute atomic E-state index is 3.15. The first-order valence-electron chi connectivity index (χ1n) is 2.21. The molecule has 0 saturated carbocycles. The molecule has 1 atom stereocenters. The largest absolute Gasteiger partial charge is 0.338 e. The smallest absolute Gasteiger partial charge is 0.185 e. The van der Waals surface area contributed by atoms with E-state index in [1.54, 1.807) is 0 Å². The Kier molecular flexibility index (Phi) is 3.62. The SMILES string of the molecule is FP1(Cl)=NP(Cl)(Cl)=NP(Cl)(Cl)=N1. The lowest BCUT2D eigenvalue weighted by molar-refractivity contribution is 0.898. The lowest BCUT2D eigenvalue weighted by atomic mass is 13.8. The minimum Gasteiger partial charge on any atom is -0.185 e. The molecule has 72 valence electrons. The molecular formula is Cl5FN3P3. The number of rotatable bonds is 0. The maximum Gasteiger partial charge on any atom is 0.338 e. The first-order valence-corrected chi connectivity index (χ1v) is 11.7. The van der Waals surface area contributed by atoms with Crippen molar-refractivity contribution in [2.45, 2.75) is 0 Å². The van der Waals surface area contributed by atoms with Crippen LogP contribution in [-0.2, 0) is 0 Å². The van der Waals surface area contributed by atoms with Crippen molar-refractivity contribution >= 4 is 74.9 Å². The van der Waals surface area contributed by atoms with Gasteiger partial charge in [0.1, 0.15) is 0 Å². The summed E-state index contributed by atoms with van der Waals surface area (Å²) in [6, 6.07) is 0. The van der Waals surface area contributed by atoms with Gasteiger partial charge in [0.2, 0.25) is 0 Å². The Labute approximate surface area is 92.3 Å². The molecule has 0 aromatic carbocycles. The molecule has 1 rings (SSSR count). The predicted octanol–water partition coefficient (Wildman–Crippen LogP) is 7.00. The Bertz CT molecular complexity index is 279. The van der Waals surface area contributed by atoms with E-state index in [0.29, 0.717) is 0 Å². The van der Waals surface area contributed by atoms with Crippen LogP contribution in [0.1, 0.15) is 0 Å². The number of hydrogen-bond acceptors (Lipinski definition) is 3. The Balaban J connectivity index is 3.46. The van der Waals surface area contributed by atoms with Crippen LogP contribution in [0.15, 0.2) is 13.5 Å². The van der Waals surface area contributed by atoms with Gasteiger partial charge in [0.25, 0.3) is 11.8 Å². The van der Waals surface area contributed by atoms with E-state index in [9.17, 15) is 4.20 Å². The van der Waals surface area contributed by atoms with Gasteiger partial charge in [-0.3, -0.25) is 0 Å². The summed E-state index contributed by atoms with van der Waals surface area (Å²) >= 11 is 27.2. The van der Waals surface area contributed by atoms with E-state index in [4.69, 9.17) is 56.2 Å². The fraction of sp³-hybridized carbons (Fsp3) is 0. The molecule has 1 aliphatic rings. The second-order valence-corrected chi connectivity index (χ2v) is 14.5. The topological polar surface area (TPSA) is 37.1 Å². The van der Waals surface area contributed by atoms with Crippen LogP contribution in [0.5, 0.6) is 0 Å². The van der Waals surface area contributed by atoms with E-state index in [1.165, 1.54) is 0 Å². The van der Waals surface area contributed by atoms with Crippen molar-refractivity contribution in [3.05, 3.63) is 0 Å². The molecule has 1 aliphatic heterocycles. The van der Waals surface area contributed by atoms with Crippen molar-refractivity contribution in [3.8, 4) is 0 Å². The van der Waals surface area contributed by atoms with Crippen LogP contribution in [-0.4, -0.2) is 0 Å². The number of halogens is 6. The Hall–Kier alpha value is 2.07. The van der Waals surface area contributed by atoms with Crippen LogP contribution in [0.25, 0.3) is 0 Å². The highest BCUT2D eigenvalue weighted by molar-refractivity contribution is 8.22. The summed E-state index contributed by atoms with van der Waals surface area (Å²) in [6.45, 7) is -3.88. The quantitative estimate of drug-likeness (QED) is 0.428. The lowest BCUT2D eigenvalue weighted by Crippen LogP contribution is -1.63. The van der Waals surface area contributed by atoms with Gasteiger partial charge in [-0.25, -0.2) is 0 Å². The molecule has 0 fully saturated rings. The molecule has 3 nitrogen and oxygen atoms in total. The molecule has 0 bridgehead atoms. The third kappa shape index (κ3) is 3.67. The van der Waals surface area contributed by atoms with Crippen LogP contribution in [0, 0.1) is 0 Å². The zero-order valence-corrected chi connectivity index (χ0v) is 11.4. The normalized spacial score (nSPS) is 37.5. The molecule has 0 N–H and O–H groups in total. The van der Waals surface area contributed by atoms with E-state index in [0.717, 1.165) is 0 Å². The molecule has 12 heavy (non-hydrogen) atoms. The van der Waals surface area contributed by atoms with E-state index >= 15 is 0 Å². The van der Waals surface area contributed by atoms with Crippen molar-refractivity contribution in [2.24, 2.45) is 13.5 Å². The first-order chi connectivity index (χ1) is 5.12. The molecular weight excluding hydrogens is 331 g/mol. The maximum atomic E-state index is 13.1. The van der Waals surface area contributed by atoms with Crippen molar-refractivity contribution in [1.29, 1.82) is 0 Å². The molecule has 0 aromatic rings. The third-order valence-electron chi connectivity index (χ3n) is 0.646. The molecule has 0 aliphatic carbocycles. The summed E-state index contributed by atoms with van der Waals surface area (Å²) in [7, 11) is 0. The maximum absolute atomic E-state index is 13.1. The lowest BCUT2D eigenvalue weighted by Gasteiger charge is -2.15. The van der Waals surface area contributed by atoms with Gasteiger partial charge in [0.15, 0.2) is 0 Å². The van der Waals surface area contributed by atoms with E-state index in [2.05, 4.69) is 13.5 Å². The number of nitrogens with zero attached hydrogens (tertiary/aromatic N) is 3. The van der Waals surface area contributed by atoms with Crippen molar-refractivity contribution in [3.63, 3.8) is 0 Å². The van der Waals surface area contributed by atoms with Gasteiger partial charge in [-0.1, -0.05) is 0 Å². The number of hydrogen-bond donors (Lipinski definition) is 0. The molecule has 0 aromatic heterocycles. The molecule has 12 heteroatoms. The van der Waals surface area contributed by atoms with Gasteiger partial charge in [0.05, 0.1) is 0 Å². The highest BCUT2D eigenvalue weighted by Gasteiger charge is 2.31. The average molecular weight is 331 g/mol. The zero-order valence-electron chi connectivity index (χ0n) is 4.95. The van der Waals surface area contributed by atoms with Crippen LogP contribution < -0.4 is 0 Å². The summed E-state index contributed by atoms with van der Waals surface area (Å²) in [4.78, 5) is 0. The van der Waals surface area contributed by atoms with Crippen LogP contribution in [0.4, 0.5) is 4.20 Å². The van der Waals surface area contributed by atoms with Crippen molar-refractivity contribution in [1.82, 2.24) is 0 Å². The summed E-state index contributed by atoms with van der Waals surface area (Å²) in [5.41, 5.74) is 0. The van der Waals surface area contributed by atoms with Crippen LogP contribution >= 0.6 is 74.9 Å². The summed E-state index contributed by atoms with van der Waals surface area (Å²) in [5.74, 6) is -6.30. The van der Waals surface area contributed by atoms with Crippen molar-refractivity contribution in [2.75, 3.05) is 0 Å². The van der Waals surface area contributed by atoms with E-state index < -0.39 is 18.7 Å². The summed E-state index contributed by atoms with van der Waals surface area (Å²) < 4.78 is 23.0. The Morgan fingerprint density at radius 3 is 1.50 bits per heavy atom.